The highest BCUT2D eigenvalue weighted by molar-refractivity contribution is 5.65. The molecule has 0 bridgehead atoms. The van der Waals surface area contributed by atoms with Gasteiger partial charge in [0.2, 0.25) is 0 Å². The molecular formula is C15H17N3O. The van der Waals surface area contributed by atoms with Crippen LogP contribution in [0.1, 0.15) is 22.9 Å². The van der Waals surface area contributed by atoms with Crippen molar-refractivity contribution in [1.29, 1.82) is 0 Å². The second-order valence-corrected chi connectivity index (χ2v) is 4.87. The molecule has 0 aliphatic carbocycles. The van der Waals surface area contributed by atoms with E-state index in [1.807, 2.05) is 11.0 Å². The lowest BCUT2D eigenvalue weighted by Crippen LogP contribution is -2.31. The summed E-state index contributed by atoms with van der Waals surface area (Å²) in [6.45, 7) is 2.83. The maximum absolute atomic E-state index is 10.2. The Morgan fingerprint density at radius 2 is 2.05 bits per heavy atom. The van der Waals surface area contributed by atoms with E-state index < -0.39 is 6.23 Å². The Kier molecular flexibility index (Phi) is 3.09. The second-order valence-electron chi connectivity index (χ2n) is 4.87. The van der Waals surface area contributed by atoms with Gasteiger partial charge in [-0.3, -0.25) is 0 Å². The second kappa shape index (κ2) is 4.90. The van der Waals surface area contributed by atoms with Crippen molar-refractivity contribution in [3.63, 3.8) is 0 Å². The molecule has 19 heavy (non-hydrogen) atoms. The quantitative estimate of drug-likeness (QED) is 0.885. The van der Waals surface area contributed by atoms with Gasteiger partial charge < -0.3 is 15.0 Å². The van der Waals surface area contributed by atoms with Gasteiger partial charge in [0.15, 0.2) is 6.23 Å². The molecule has 2 heterocycles. The van der Waals surface area contributed by atoms with E-state index in [1.54, 1.807) is 12.5 Å². The molecule has 2 N–H and O–H groups in total. The minimum Gasteiger partial charge on any atom is -0.369 e. The van der Waals surface area contributed by atoms with Crippen molar-refractivity contribution in [3.8, 4) is 0 Å². The van der Waals surface area contributed by atoms with E-state index in [-0.39, 0.29) is 0 Å². The number of aromatic amines is 1. The molecule has 0 spiro atoms. The normalized spacial score (nSPS) is 17.6. The fraction of sp³-hybridized carbons (Fsp3) is 0.267. The van der Waals surface area contributed by atoms with Gasteiger partial charge in [-0.2, -0.15) is 0 Å². The molecule has 1 aliphatic rings. The van der Waals surface area contributed by atoms with E-state index in [2.05, 4.69) is 41.2 Å². The number of nitrogens with one attached hydrogen (secondary N) is 1. The van der Waals surface area contributed by atoms with Crippen LogP contribution in [0, 0.1) is 6.92 Å². The van der Waals surface area contributed by atoms with Crippen LogP contribution in [-0.4, -0.2) is 27.9 Å². The van der Waals surface area contributed by atoms with Crippen molar-refractivity contribution in [2.75, 3.05) is 6.54 Å². The first kappa shape index (κ1) is 12.0. The molecule has 0 saturated carbocycles. The van der Waals surface area contributed by atoms with Gasteiger partial charge in [-0.1, -0.05) is 29.8 Å². The third kappa shape index (κ3) is 2.39. The third-order valence-electron chi connectivity index (χ3n) is 3.46. The molecule has 4 heteroatoms. The molecule has 0 radical (unpaired) electrons. The zero-order valence-electron chi connectivity index (χ0n) is 10.9. The summed E-state index contributed by atoms with van der Waals surface area (Å²) in [7, 11) is 0. The lowest BCUT2D eigenvalue weighted by molar-refractivity contribution is 0.0552. The molecule has 0 fully saturated rings. The van der Waals surface area contributed by atoms with Crippen molar-refractivity contribution < 1.29 is 5.11 Å². The molecule has 2 aromatic rings. The number of nitrogens with zero attached hydrogens (tertiary/aromatic N) is 2. The van der Waals surface area contributed by atoms with Crippen molar-refractivity contribution in [2.24, 2.45) is 4.99 Å². The van der Waals surface area contributed by atoms with Gasteiger partial charge in [0.25, 0.3) is 0 Å². The molecule has 4 nitrogen and oxygen atoms in total. The van der Waals surface area contributed by atoms with Crippen molar-refractivity contribution in [2.45, 2.75) is 19.6 Å². The highest BCUT2D eigenvalue weighted by atomic mass is 16.3. The van der Waals surface area contributed by atoms with E-state index >= 15 is 0 Å². The number of fused-ring (bicyclic) bond motifs is 1. The molecule has 1 aliphatic heterocycles. The molecule has 1 unspecified atom stereocenters. The minimum atomic E-state index is -0.607. The van der Waals surface area contributed by atoms with Crippen LogP contribution < -0.4 is 0 Å². The Hall–Kier alpha value is -2.07. The summed E-state index contributed by atoms with van der Waals surface area (Å²) >= 11 is 0. The Bertz CT molecular complexity index is 586. The van der Waals surface area contributed by atoms with Crippen LogP contribution >= 0.6 is 0 Å². The van der Waals surface area contributed by atoms with Gasteiger partial charge in [0, 0.05) is 18.3 Å². The van der Waals surface area contributed by atoms with E-state index in [4.69, 9.17) is 0 Å². The first-order valence-electron chi connectivity index (χ1n) is 6.45. The van der Waals surface area contributed by atoms with E-state index in [9.17, 15) is 5.11 Å². The number of aliphatic hydroxyl groups excluding tert-OH is 1. The Balaban J connectivity index is 1.67. The zero-order chi connectivity index (χ0) is 13.2. The Morgan fingerprint density at radius 3 is 2.84 bits per heavy atom. The minimum absolute atomic E-state index is 0.607. The number of aryl methyl sites for hydroxylation is 1. The number of hydrogen-bond donors (Lipinski definition) is 2. The van der Waals surface area contributed by atoms with Crippen LogP contribution in [0.3, 0.4) is 0 Å². The van der Waals surface area contributed by atoms with Crippen LogP contribution in [0.15, 0.2) is 41.5 Å². The van der Waals surface area contributed by atoms with Crippen molar-refractivity contribution in [3.05, 3.63) is 53.2 Å². The van der Waals surface area contributed by atoms with Crippen LogP contribution in [0.2, 0.25) is 0 Å². The number of aromatic nitrogens is 1. The van der Waals surface area contributed by atoms with Gasteiger partial charge in [0.05, 0.1) is 6.34 Å². The smallest absolute Gasteiger partial charge is 0.157 e. The van der Waals surface area contributed by atoms with Gasteiger partial charge >= 0.3 is 0 Å². The largest absolute Gasteiger partial charge is 0.369 e. The van der Waals surface area contributed by atoms with Gasteiger partial charge in [-0.15, -0.1) is 0 Å². The lowest BCUT2D eigenvalue weighted by atomic mass is 10.1. The molecular weight excluding hydrogens is 238 g/mol. The standard InChI is InChI=1S/C15H17N3O/c1-11-2-4-12(5-3-11)7-9-18-10-17-14-13(15(18)19)6-8-16-14/h2-6,8,10,15-16,19H,7,9H2,1H3. The summed E-state index contributed by atoms with van der Waals surface area (Å²) in [6, 6.07) is 10.4. The molecule has 1 atom stereocenters. The average molecular weight is 255 g/mol. The fourth-order valence-corrected chi connectivity index (χ4v) is 2.26. The monoisotopic (exact) mass is 255 g/mol. The number of hydrogen-bond acceptors (Lipinski definition) is 3. The number of benzene rings is 1. The summed E-state index contributed by atoms with van der Waals surface area (Å²) in [5.41, 5.74) is 3.37. The van der Waals surface area contributed by atoms with Crippen LogP contribution in [0.4, 0.5) is 5.82 Å². The maximum Gasteiger partial charge on any atom is 0.157 e. The van der Waals surface area contributed by atoms with E-state index in [0.29, 0.717) is 0 Å². The number of rotatable bonds is 3. The van der Waals surface area contributed by atoms with Crippen molar-refractivity contribution in [1.82, 2.24) is 9.88 Å². The van der Waals surface area contributed by atoms with Gasteiger partial charge in [-0.25, -0.2) is 4.99 Å². The molecule has 98 valence electrons. The van der Waals surface area contributed by atoms with Crippen LogP contribution in [-0.2, 0) is 6.42 Å². The number of H-pyrrole nitrogens is 1. The van der Waals surface area contributed by atoms with Gasteiger partial charge in [-0.05, 0) is 25.0 Å². The molecule has 1 aromatic heterocycles. The summed E-state index contributed by atoms with van der Waals surface area (Å²) in [5, 5.41) is 10.2. The van der Waals surface area contributed by atoms with E-state index in [0.717, 1.165) is 24.3 Å². The molecule has 0 saturated heterocycles. The summed E-state index contributed by atoms with van der Waals surface area (Å²) in [5.74, 6) is 0.749. The van der Waals surface area contributed by atoms with Crippen LogP contribution in [0.5, 0.6) is 0 Å². The summed E-state index contributed by atoms with van der Waals surface area (Å²) in [6.07, 6.45) is 3.79. The third-order valence-corrected chi connectivity index (χ3v) is 3.46. The molecule has 0 amide bonds. The number of aliphatic imine (C=N–C) groups is 1. The lowest BCUT2D eigenvalue weighted by Gasteiger charge is -2.28. The Morgan fingerprint density at radius 1 is 1.26 bits per heavy atom. The summed E-state index contributed by atoms with van der Waals surface area (Å²) < 4.78 is 0. The Labute approximate surface area is 112 Å². The summed E-state index contributed by atoms with van der Waals surface area (Å²) in [4.78, 5) is 9.16. The molecule has 3 rings (SSSR count). The highest BCUT2D eigenvalue weighted by Crippen LogP contribution is 2.29. The average Bonchev–Trinajstić information content (AvgIpc) is 2.89. The first-order chi connectivity index (χ1) is 9.24. The highest BCUT2D eigenvalue weighted by Gasteiger charge is 2.22. The maximum atomic E-state index is 10.2. The van der Waals surface area contributed by atoms with E-state index in [1.165, 1.54) is 11.1 Å². The van der Waals surface area contributed by atoms with Crippen LogP contribution in [0.25, 0.3) is 0 Å². The predicted molar refractivity (Wildman–Crippen MR) is 75.5 cm³/mol. The fourth-order valence-electron chi connectivity index (χ4n) is 2.26. The SMILES string of the molecule is Cc1ccc(CCN2C=Nc3[nH]ccc3C2O)cc1. The number of aliphatic hydroxyl groups is 1. The van der Waals surface area contributed by atoms with Crippen molar-refractivity contribution >= 4 is 12.2 Å². The molecule has 1 aromatic carbocycles. The van der Waals surface area contributed by atoms with Gasteiger partial charge in [0.1, 0.15) is 5.82 Å². The first-order valence-corrected chi connectivity index (χ1v) is 6.45. The zero-order valence-corrected chi connectivity index (χ0v) is 10.9. The topological polar surface area (TPSA) is 51.6 Å². The predicted octanol–water partition coefficient (Wildman–Crippen LogP) is 2.53.